The van der Waals surface area contributed by atoms with Crippen molar-refractivity contribution in [3.05, 3.63) is 16.5 Å². The molecule has 9 nitrogen and oxygen atoms in total. The zero-order chi connectivity index (χ0) is 23.4. The second-order valence-electron chi connectivity index (χ2n) is 9.45. The number of hydrogen-bond acceptors (Lipinski definition) is 7. The number of sulfonamides is 1. The van der Waals surface area contributed by atoms with Crippen LogP contribution in [0.4, 0.5) is 4.79 Å². The molecule has 0 aromatic carbocycles. The second kappa shape index (κ2) is 8.67. The predicted molar refractivity (Wildman–Crippen MR) is 122 cm³/mol. The Morgan fingerprint density at radius 3 is 2.64 bits per heavy atom. The third kappa shape index (κ3) is 4.62. The summed E-state index contributed by atoms with van der Waals surface area (Å²) in [6.07, 6.45) is 3.46. The van der Waals surface area contributed by atoms with Gasteiger partial charge >= 0.3 is 6.09 Å². The van der Waals surface area contributed by atoms with Crippen LogP contribution in [0.15, 0.2) is 16.3 Å². The predicted octanol–water partition coefficient (Wildman–Crippen LogP) is 2.40. The Morgan fingerprint density at radius 1 is 1.27 bits per heavy atom. The average Bonchev–Trinajstić information content (AvgIpc) is 3.70. The van der Waals surface area contributed by atoms with E-state index in [1.54, 1.807) is 22.3 Å². The Balaban J connectivity index is 1.41. The van der Waals surface area contributed by atoms with Gasteiger partial charge in [-0.05, 0) is 37.3 Å². The van der Waals surface area contributed by atoms with E-state index in [9.17, 15) is 18.0 Å². The highest BCUT2D eigenvalue weighted by Gasteiger charge is 2.61. The van der Waals surface area contributed by atoms with Crippen LogP contribution in [0.3, 0.4) is 0 Å². The van der Waals surface area contributed by atoms with Crippen LogP contribution in [0.5, 0.6) is 0 Å². The number of piperazine rings is 1. The summed E-state index contributed by atoms with van der Waals surface area (Å²) < 4.78 is 41.5. The maximum atomic E-state index is 13.8. The molecule has 2 saturated heterocycles. The quantitative estimate of drug-likeness (QED) is 0.575. The fourth-order valence-corrected chi connectivity index (χ4v) is 8.13. The molecule has 2 atom stereocenters. The Kier molecular flexibility index (Phi) is 6.14. The molecule has 2 aliphatic carbocycles. The van der Waals surface area contributed by atoms with Gasteiger partial charge in [-0.3, -0.25) is 9.69 Å². The van der Waals surface area contributed by atoms with Gasteiger partial charge in [0.2, 0.25) is 5.91 Å². The molecule has 0 bridgehead atoms. The largest absolute Gasteiger partial charge is 0.441 e. The summed E-state index contributed by atoms with van der Waals surface area (Å²) >= 11 is 7.09. The van der Waals surface area contributed by atoms with Gasteiger partial charge in [0.15, 0.2) is 0 Å². The first-order valence-electron chi connectivity index (χ1n) is 11.3. The van der Waals surface area contributed by atoms with Gasteiger partial charge in [0, 0.05) is 26.2 Å². The lowest BCUT2D eigenvalue weighted by atomic mass is 10.0. The molecule has 0 N–H and O–H groups in total. The molecule has 2 amide bonds. The summed E-state index contributed by atoms with van der Waals surface area (Å²) in [6, 6.07) is 2.18. The van der Waals surface area contributed by atoms with Crippen LogP contribution in [0.25, 0.3) is 0 Å². The zero-order valence-electron chi connectivity index (χ0n) is 18.4. The monoisotopic (exact) mass is 517 g/mol. The van der Waals surface area contributed by atoms with Crippen molar-refractivity contribution in [3.63, 3.8) is 0 Å². The number of carbonyl (C=O) groups excluding carboxylic acids is 2. The Labute approximate surface area is 202 Å². The summed E-state index contributed by atoms with van der Waals surface area (Å²) in [6.45, 7) is 1.28. The van der Waals surface area contributed by atoms with E-state index in [0.29, 0.717) is 42.8 Å². The minimum Gasteiger partial charge on any atom is -0.441 e. The number of thiophene rings is 1. The topological polar surface area (TPSA) is 96.5 Å². The summed E-state index contributed by atoms with van der Waals surface area (Å²) in [5, 5.41) is 0. The number of morpholine rings is 1. The number of likely N-dealkylation sites (N-methyl/N-ethyl adjacent to an activating group) is 1. The number of carbonyl (C=O) groups is 2. The van der Waals surface area contributed by atoms with E-state index in [1.807, 2.05) is 0 Å². The summed E-state index contributed by atoms with van der Waals surface area (Å²) in [5.41, 5.74) is -0.945. The van der Waals surface area contributed by atoms with E-state index in [4.69, 9.17) is 21.1 Å². The first-order chi connectivity index (χ1) is 15.7. The third-order valence-corrected chi connectivity index (χ3v) is 10.7. The number of amides is 2. The van der Waals surface area contributed by atoms with Gasteiger partial charge < -0.3 is 14.4 Å². The molecule has 1 aromatic rings. The molecule has 2 saturated carbocycles. The Hall–Kier alpha value is -1.40. The average molecular weight is 518 g/mol. The van der Waals surface area contributed by atoms with Crippen LogP contribution < -0.4 is 0 Å². The number of halogens is 1. The van der Waals surface area contributed by atoms with Gasteiger partial charge in [-0.15, -0.1) is 11.3 Å². The molecule has 33 heavy (non-hydrogen) atoms. The van der Waals surface area contributed by atoms with Crippen LogP contribution in [-0.4, -0.2) is 92.1 Å². The maximum absolute atomic E-state index is 13.8. The van der Waals surface area contributed by atoms with Crippen LogP contribution in [0.2, 0.25) is 4.34 Å². The smallest absolute Gasteiger partial charge is 0.410 e. The highest BCUT2D eigenvalue weighted by Crippen LogP contribution is 2.49. The Bertz CT molecular complexity index is 1040. The second-order valence-corrected chi connectivity index (χ2v) is 13.2. The number of hydrogen-bond donors (Lipinski definition) is 0. The van der Waals surface area contributed by atoms with Crippen molar-refractivity contribution in [1.82, 2.24) is 14.1 Å². The van der Waals surface area contributed by atoms with Gasteiger partial charge in [-0.1, -0.05) is 24.4 Å². The van der Waals surface area contributed by atoms with Crippen molar-refractivity contribution in [2.24, 2.45) is 5.92 Å². The van der Waals surface area contributed by atoms with E-state index in [0.717, 1.165) is 30.6 Å². The highest BCUT2D eigenvalue weighted by atomic mass is 35.5. The highest BCUT2D eigenvalue weighted by molar-refractivity contribution is 7.91. The van der Waals surface area contributed by atoms with Crippen LogP contribution in [0, 0.1) is 5.92 Å². The summed E-state index contributed by atoms with van der Waals surface area (Å²) in [4.78, 5) is 28.0. The molecule has 182 valence electrons. The van der Waals surface area contributed by atoms with E-state index in [-0.39, 0.29) is 29.3 Å². The number of rotatable bonds is 6. The molecule has 4 aliphatic rings. The number of nitrogens with zero attached hydrogens (tertiary/aromatic N) is 3. The van der Waals surface area contributed by atoms with Crippen LogP contribution >= 0.6 is 22.9 Å². The normalized spacial score (nSPS) is 28.1. The standard InChI is InChI=1S/C21H28ClN3O6S2/c1-23-8-9-24(11-18(23)26)20(27)31-21(6-7-21)16-13-30-12-15(10-14-2-3-14)25(16)33(28,29)19-5-4-17(22)32-19/h4-5,14-16H,2-3,6-13H2,1H3/t15-,16-/m1/s1. The summed E-state index contributed by atoms with van der Waals surface area (Å²) in [7, 11) is -2.15. The first-order valence-corrected chi connectivity index (χ1v) is 13.9. The number of ether oxygens (including phenoxy) is 2. The Morgan fingerprint density at radius 2 is 2.03 bits per heavy atom. The minimum atomic E-state index is -3.86. The van der Waals surface area contributed by atoms with Crippen molar-refractivity contribution in [2.75, 3.05) is 39.9 Å². The maximum Gasteiger partial charge on any atom is 0.410 e. The molecule has 1 aromatic heterocycles. The van der Waals surface area contributed by atoms with Crippen LogP contribution in [-0.2, 0) is 24.3 Å². The van der Waals surface area contributed by atoms with E-state index >= 15 is 0 Å². The summed E-state index contributed by atoms with van der Waals surface area (Å²) in [5.74, 6) is 0.350. The van der Waals surface area contributed by atoms with Gasteiger partial charge in [-0.25, -0.2) is 13.2 Å². The van der Waals surface area contributed by atoms with Crippen molar-refractivity contribution >= 4 is 45.0 Å². The lowest BCUT2D eigenvalue weighted by Gasteiger charge is -2.44. The van der Waals surface area contributed by atoms with Crippen molar-refractivity contribution in [3.8, 4) is 0 Å². The van der Waals surface area contributed by atoms with E-state index in [2.05, 4.69) is 0 Å². The molecular weight excluding hydrogens is 490 g/mol. The lowest BCUT2D eigenvalue weighted by molar-refractivity contribution is -0.134. The van der Waals surface area contributed by atoms with Gasteiger partial charge in [0.1, 0.15) is 16.4 Å². The third-order valence-electron chi connectivity index (χ3n) is 6.99. The molecule has 0 radical (unpaired) electrons. The lowest BCUT2D eigenvalue weighted by Crippen LogP contribution is -2.61. The fraction of sp³-hybridized carbons (Fsp3) is 0.714. The molecular formula is C21H28ClN3O6S2. The van der Waals surface area contributed by atoms with Gasteiger partial charge in [0.25, 0.3) is 10.0 Å². The van der Waals surface area contributed by atoms with Gasteiger partial charge in [0.05, 0.1) is 23.6 Å². The van der Waals surface area contributed by atoms with Crippen molar-refractivity contribution < 1.29 is 27.5 Å². The van der Waals surface area contributed by atoms with Crippen molar-refractivity contribution in [1.29, 1.82) is 0 Å². The molecule has 12 heteroatoms. The van der Waals surface area contributed by atoms with Crippen molar-refractivity contribution in [2.45, 2.75) is 54.0 Å². The molecule has 4 fully saturated rings. The fourth-order valence-electron chi connectivity index (χ4n) is 4.69. The minimum absolute atomic E-state index is 0.0351. The molecule has 0 spiro atoms. The molecule has 5 rings (SSSR count). The molecule has 3 heterocycles. The molecule has 0 unspecified atom stereocenters. The van der Waals surface area contributed by atoms with E-state index in [1.165, 1.54) is 11.0 Å². The van der Waals surface area contributed by atoms with E-state index < -0.39 is 27.8 Å². The van der Waals surface area contributed by atoms with Gasteiger partial charge in [-0.2, -0.15) is 4.31 Å². The van der Waals surface area contributed by atoms with Crippen LogP contribution in [0.1, 0.15) is 32.1 Å². The zero-order valence-corrected chi connectivity index (χ0v) is 20.8. The first kappa shape index (κ1) is 23.3. The molecule has 2 aliphatic heterocycles. The SMILES string of the molecule is CN1CCN(C(=O)OC2([C@H]3COC[C@@H](CC4CC4)N3S(=O)(=O)c3ccc(Cl)s3)CC2)CC1=O.